The van der Waals surface area contributed by atoms with Crippen molar-refractivity contribution in [2.75, 3.05) is 12.4 Å². The molecule has 3 N–H and O–H groups in total. The molecule has 4 nitrogen and oxygen atoms in total. The maximum Gasteiger partial charge on any atom is 0.251 e. The van der Waals surface area contributed by atoms with E-state index in [1.807, 2.05) is 19.1 Å². The van der Waals surface area contributed by atoms with Crippen molar-refractivity contribution in [3.63, 3.8) is 0 Å². The summed E-state index contributed by atoms with van der Waals surface area (Å²) in [6, 6.07) is 10.4. The lowest BCUT2D eigenvalue weighted by Gasteiger charge is -2.11. The van der Waals surface area contributed by atoms with E-state index >= 15 is 0 Å². The Morgan fingerprint density at radius 1 is 1.24 bits per heavy atom. The zero-order chi connectivity index (χ0) is 15.4. The molecule has 2 aromatic carbocycles. The lowest BCUT2D eigenvalue weighted by Crippen LogP contribution is -2.17. The second-order valence-corrected chi connectivity index (χ2v) is 5.17. The third-order valence-corrected chi connectivity index (χ3v) is 3.49. The lowest BCUT2D eigenvalue weighted by atomic mass is 10.1. The second kappa shape index (κ2) is 6.50. The summed E-state index contributed by atoms with van der Waals surface area (Å²) in [6.07, 6.45) is 0. The minimum Gasteiger partial charge on any atom is -0.508 e. The molecule has 5 heteroatoms. The Morgan fingerprint density at radius 2 is 2.00 bits per heavy atom. The van der Waals surface area contributed by atoms with Gasteiger partial charge in [0.25, 0.3) is 5.91 Å². The third-order valence-electron chi connectivity index (χ3n) is 3.16. The molecule has 0 saturated carbocycles. The van der Waals surface area contributed by atoms with Crippen molar-refractivity contribution in [1.29, 1.82) is 0 Å². The molecule has 0 unspecified atom stereocenters. The molecule has 0 radical (unpaired) electrons. The van der Waals surface area contributed by atoms with Gasteiger partial charge in [-0.05, 0) is 31.2 Å². The molecule has 0 heterocycles. The molecule has 0 bridgehead atoms. The molecular weight excluding hydrogens is 288 g/mol. The highest BCUT2D eigenvalue weighted by molar-refractivity contribution is 6.33. The number of aromatic hydroxyl groups is 1. The molecule has 110 valence electrons. The molecule has 2 aromatic rings. The number of hydrogen-bond donors (Lipinski definition) is 3. The standard InChI is InChI=1S/C16H17ClN2O2/c1-10-3-6-15(20)12(7-10)9-19-14-8-11(16(21)18-2)4-5-13(14)17/h3-8,19-20H,9H2,1-2H3,(H,18,21). The van der Waals surface area contributed by atoms with Crippen LogP contribution in [-0.4, -0.2) is 18.1 Å². The fourth-order valence-electron chi connectivity index (χ4n) is 1.99. The van der Waals surface area contributed by atoms with Crippen molar-refractivity contribution in [3.8, 4) is 5.75 Å². The van der Waals surface area contributed by atoms with Crippen LogP contribution in [0.5, 0.6) is 5.75 Å². The van der Waals surface area contributed by atoms with Gasteiger partial charge in [-0.1, -0.05) is 29.3 Å². The number of hydrogen-bond acceptors (Lipinski definition) is 3. The third kappa shape index (κ3) is 3.67. The van der Waals surface area contributed by atoms with Crippen LogP contribution in [0.4, 0.5) is 5.69 Å². The smallest absolute Gasteiger partial charge is 0.251 e. The Balaban J connectivity index is 2.19. The van der Waals surface area contributed by atoms with Crippen LogP contribution in [-0.2, 0) is 6.54 Å². The average molecular weight is 305 g/mol. The van der Waals surface area contributed by atoms with Crippen molar-refractivity contribution in [3.05, 3.63) is 58.1 Å². The molecule has 21 heavy (non-hydrogen) atoms. The van der Waals surface area contributed by atoms with E-state index in [4.69, 9.17) is 11.6 Å². The number of anilines is 1. The summed E-state index contributed by atoms with van der Waals surface area (Å²) in [5, 5.41) is 16.1. The Morgan fingerprint density at radius 3 is 2.71 bits per heavy atom. The van der Waals surface area contributed by atoms with Gasteiger partial charge in [0.2, 0.25) is 0 Å². The molecule has 0 aromatic heterocycles. The number of benzene rings is 2. The number of carbonyl (C=O) groups excluding carboxylic acids is 1. The number of halogens is 1. The summed E-state index contributed by atoms with van der Waals surface area (Å²) in [5.74, 6) is 0.0554. The van der Waals surface area contributed by atoms with Crippen molar-refractivity contribution >= 4 is 23.2 Å². The zero-order valence-electron chi connectivity index (χ0n) is 11.9. The summed E-state index contributed by atoms with van der Waals surface area (Å²) < 4.78 is 0. The van der Waals surface area contributed by atoms with Crippen LogP contribution in [0.1, 0.15) is 21.5 Å². The fraction of sp³-hybridized carbons (Fsp3) is 0.188. The first-order valence-electron chi connectivity index (χ1n) is 6.55. The molecule has 1 amide bonds. The first-order chi connectivity index (χ1) is 10.0. The predicted octanol–water partition coefficient (Wildman–Crippen LogP) is 3.33. The maximum atomic E-state index is 11.6. The molecular formula is C16H17ClN2O2. The van der Waals surface area contributed by atoms with Crippen LogP contribution in [0, 0.1) is 6.92 Å². The zero-order valence-corrected chi connectivity index (χ0v) is 12.7. The normalized spacial score (nSPS) is 10.2. The highest BCUT2D eigenvalue weighted by Gasteiger charge is 2.08. The number of phenols is 1. The van der Waals surface area contributed by atoms with E-state index in [9.17, 15) is 9.90 Å². The predicted molar refractivity (Wildman–Crippen MR) is 85.0 cm³/mol. The second-order valence-electron chi connectivity index (χ2n) is 4.76. The van der Waals surface area contributed by atoms with Crippen LogP contribution in [0.25, 0.3) is 0 Å². The van der Waals surface area contributed by atoms with E-state index in [1.165, 1.54) is 0 Å². The van der Waals surface area contributed by atoms with Crippen LogP contribution in [0.15, 0.2) is 36.4 Å². The van der Waals surface area contributed by atoms with Gasteiger partial charge in [-0.25, -0.2) is 0 Å². The number of nitrogens with one attached hydrogen (secondary N) is 2. The van der Waals surface area contributed by atoms with E-state index < -0.39 is 0 Å². The van der Waals surface area contributed by atoms with E-state index in [0.29, 0.717) is 22.8 Å². The number of amides is 1. The van der Waals surface area contributed by atoms with Crippen LogP contribution >= 0.6 is 11.6 Å². The van der Waals surface area contributed by atoms with Crippen molar-refractivity contribution in [2.45, 2.75) is 13.5 Å². The van der Waals surface area contributed by atoms with Gasteiger partial charge < -0.3 is 15.7 Å². The Hall–Kier alpha value is -2.20. The van der Waals surface area contributed by atoms with Crippen LogP contribution in [0.2, 0.25) is 5.02 Å². The Labute approximate surface area is 128 Å². The Kier molecular flexibility index (Phi) is 4.70. The van der Waals surface area contributed by atoms with Gasteiger partial charge in [-0.2, -0.15) is 0 Å². The summed E-state index contributed by atoms with van der Waals surface area (Å²) in [6.45, 7) is 2.38. The Bertz CT molecular complexity index is 671. The van der Waals surface area contributed by atoms with Gasteiger partial charge in [0.05, 0.1) is 10.7 Å². The average Bonchev–Trinajstić information content (AvgIpc) is 2.48. The van der Waals surface area contributed by atoms with Crippen LogP contribution < -0.4 is 10.6 Å². The lowest BCUT2D eigenvalue weighted by molar-refractivity contribution is 0.0963. The molecule has 0 aliphatic carbocycles. The fourth-order valence-corrected chi connectivity index (χ4v) is 2.18. The highest BCUT2D eigenvalue weighted by atomic mass is 35.5. The molecule has 0 atom stereocenters. The molecule has 0 aliphatic rings. The molecule has 0 aliphatic heterocycles. The quantitative estimate of drug-likeness (QED) is 0.812. The van der Waals surface area contributed by atoms with E-state index in [1.54, 1.807) is 31.3 Å². The highest BCUT2D eigenvalue weighted by Crippen LogP contribution is 2.25. The SMILES string of the molecule is CNC(=O)c1ccc(Cl)c(NCc2cc(C)ccc2O)c1. The van der Waals surface area contributed by atoms with E-state index in [-0.39, 0.29) is 11.7 Å². The summed E-state index contributed by atoms with van der Waals surface area (Å²) in [7, 11) is 1.58. The van der Waals surface area contributed by atoms with Gasteiger partial charge in [-0.15, -0.1) is 0 Å². The summed E-state index contributed by atoms with van der Waals surface area (Å²) in [4.78, 5) is 11.6. The summed E-state index contributed by atoms with van der Waals surface area (Å²) in [5.41, 5.74) is 3.02. The number of rotatable bonds is 4. The first kappa shape index (κ1) is 15.2. The summed E-state index contributed by atoms with van der Waals surface area (Å²) >= 11 is 6.12. The monoisotopic (exact) mass is 304 g/mol. The number of phenolic OH excluding ortho intramolecular Hbond substituents is 1. The maximum absolute atomic E-state index is 11.6. The van der Waals surface area contributed by atoms with Crippen LogP contribution in [0.3, 0.4) is 0 Å². The largest absolute Gasteiger partial charge is 0.508 e. The number of carbonyl (C=O) groups is 1. The van der Waals surface area contributed by atoms with Gasteiger partial charge in [0, 0.05) is 24.7 Å². The minimum atomic E-state index is -0.173. The first-order valence-corrected chi connectivity index (χ1v) is 6.93. The topological polar surface area (TPSA) is 61.4 Å². The van der Waals surface area contributed by atoms with Gasteiger partial charge in [0.1, 0.15) is 5.75 Å². The van der Waals surface area contributed by atoms with E-state index in [0.717, 1.165) is 11.1 Å². The van der Waals surface area contributed by atoms with Crippen molar-refractivity contribution in [2.24, 2.45) is 0 Å². The van der Waals surface area contributed by atoms with Gasteiger partial charge in [-0.3, -0.25) is 4.79 Å². The number of aryl methyl sites for hydroxylation is 1. The molecule has 2 rings (SSSR count). The van der Waals surface area contributed by atoms with Gasteiger partial charge in [0.15, 0.2) is 0 Å². The van der Waals surface area contributed by atoms with Gasteiger partial charge >= 0.3 is 0 Å². The minimum absolute atomic E-state index is 0.173. The molecule has 0 spiro atoms. The van der Waals surface area contributed by atoms with Crippen molar-refractivity contribution < 1.29 is 9.90 Å². The van der Waals surface area contributed by atoms with E-state index in [2.05, 4.69) is 10.6 Å². The van der Waals surface area contributed by atoms with Crippen molar-refractivity contribution in [1.82, 2.24) is 5.32 Å². The molecule has 0 fully saturated rings. The molecule has 0 saturated heterocycles.